The molecular weight excluding hydrogens is 266 g/mol. The largest absolute Gasteiger partial charge is 0.307 e. The lowest BCUT2D eigenvalue weighted by Crippen LogP contribution is -2.33. The predicted molar refractivity (Wildman–Crippen MR) is 83.8 cm³/mol. The van der Waals surface area contributed by atoms with Gasteiger partial charge in [0.1, 0.15) is 0 Å². The second kappa shape index (κ2) is 6.48. The van der Waals surface area contributed by atoms with Gasteiger partial charge in [-0.2, -0.15) is 0 Å². The van der Waals surface area contributed by atoms with E-state index in [9.17, 15) is 0 Å². The minimum absolute atomic E-state index is 0.502. The van der Waals surface area contributed by atoms with Crippen molar-refractivity contribution in [1.82, 2.24) is 15.2 Å². The highest BCUT2D eigenvalue weighted by Crippen LogP contribution is 2.24. The van der Waals surface area contributed by atoms with E-state index in [2.05, 4.69) is 57.8 Å². The molecule has 0 saturated carbocycles. The maximum atomic E-state index is 4.32. The van der Waals surface area contributed by atoms with Crippen LogP contribution in [0.1, 0.15) is 30.6 Å². The first-order valence-corrected chi connectivity index (χ1v) is 8.16. The molecule has 0 unspecified atom stereocenters. The molecule has 1 N–H and O–H groups in total. The summed E-state index contributed by atoms with van der Waals surface area (Å²) < 4.78 is 0. The zero-order valence-corrected chi connectivity index (χ0v) is 12.6. The first-order chi connectivity index (χ1) is 9.83. The third-order valence-electron chi connectivity index (χ3n) is 4.10. The van der Waals surface area contributed by atoms with E-state index in [-0.39, 0.29) is 0 Å². The highest BCUT2D eigenvalue weighted by atomic mass is 32.1. The first-order valence-electron chi connectivity index (χ1n) is 7.22. The number of likely N-dealkylation sites (tertiary alicyclic amines) is 1. The van der Waals surface area contributed by atoms with Gasteiger partial charge in [-0.15, -0.1) is 11.3 Å². The number of hydrogen-bond acceptors (Lipinski definition) is 4. The summed E-state index contributed by atoms with van der Waals surface area (Å²) >= 11 is 1.66. The molecule has 0 bridgehead atoms. The SMILES string of the molecule is C[C@@H](c1ccccc1)N1CC[C@@H](NCc2cscn2)C1. The van der Waals surface area contributed by atoms with E-state index < -0.39 is 0 Å². The molecule has 1 aliphatic heterocycles. The quantitative estimate of drug-likeness (QED) is 0.916. The standard InChI is InChI=1S/C16H21N3S/c1-13(14-5-3-2-4-6-14)19-8-7-15(10-19)17-9-16-11-20-12-18-16/h2-6,11-13,15,17H,7-10H2,1H3/t13-,15+/m0/s1. The van der Waals surface area contributed by atoms with Gasteiger partial charge >= 0.3 is 0 Å². The van der Waals surface area contributed by atoms with Crippen LogP contribution in [-0.2, 0) is 6.54 Å². The summed E-state index contributed by atoms with van der Waals surface area (Å²) in [6.45, 7) is 5.49. The molecule has 3 nitrogen and oxygen atoms in total. The van der Waals surface area contributed by atoms with E-state index >= 15 is 0 Å². The molecule has 2 atom stereocenters. The molecule has 0 amide bonds. The molecule has 2 aromatic rings. The van der Waals surface area contributed by atoms with E-state index in [0.717, 1.165) is 18.8 Å². The van der Waals surface area contributed by atoms with Crippen molar-refractivity contribution in [2.45, 2.75) is 32.0 Å². The van der Waals surface area contributed by atoms with Crippen LogP contribution in [0.15, 0.2) is 41.2 Å². The van der Waals surface area contributed by atoms with Gasteiger partial charge in [0.05, 0.1) is 11.2 Å². The first kappa shape index (κ1) is 13.7. The molecule has 4 heteroatoms. The van der Waals surface area contributed by atoms with Crippen molar-refractivity contribution < 1.29 is 0 Å². The third-order valence-corrected chi connectivity index (χ3v) is 4.74. The molecule has 1 aromatic heterocycles. The van der Waals surface area contributed by atoms with Crippen LogP contribution in [0.3, 0.4) is 0 Å². The normalized spacial score (nSPS) is 21.1. The molecule has 0 spiro atoms. The summed E-state index contributed by atoms with van der Waals surface area (Å²) in [7, 11) is 0. The zero-order chi connectivity index (χ0) is 13.8. The van der Waals surface area contributed by atoms with Crippen LogP contribution >= 0.6 is 11.3 Å². The lowest BCUT2D eigenvalue weighted by atomic mass is 10.1. The van der Waals surface area contributed by atoms with E-state index in [0.29, 0.717) is 12.1 Å². The number of nitrogens with zero attached hydrogens (tertiary/aromatic N) is 2. The van der Waals surface area contributed by atoms with Crippen LogP contribution in [0, 0.1) is 0 Å². The second-order valence-corrected chi connectivity index (χ2v) is 6.15. The van der Waals surface area contributed by atoms with Crippen LogP contribution in [0.5, 0.6) is 0 Å². The van der Waals surface area contributed by atoms with Crippen molar-refractivity contribution in [1.29, 1.82) is 0 Å². The van der Waals surface area contributed by atoms with Gasteiger partial charge in [0.2, 0.25) is 0 Å². The molecule has 0 aliphatic carbocycles. The summed E-state index contributed by atoms with van der Waals surface area (Å²) in [6.07, 6.45) is 1.22. The van der Waals surface area contributed by atoms with Crippen molar-refractivity contribution in [2.75, 3.05) is 13.1 Å². The van der Waals surface area contributed by atoms with Crippen molar-refractivity contribution in [3.63, 3.8) is 0 Å². The Hall–Kier alpha value is -1.23. The van der Waals surface area contributed by atoms with Crippen LogP contribution in [0.4, 0.5) is 0 Å². The summed E-state index contributed by atoms with van der Waals surface area (Å²) in [5.74, 6) is 0. The fourth-order valence-electron chi connectivity index (χ4n) is 2.82. The Labute approximate surface area is 124 Å². The van der Waals surface area contributed by atoms with Crippen LogP contribution in [0.25, 0.3) is 0 Å². The molecule has 3 rings (SSSR count). The van der Waals surface area contributed by atoms with Gasteiger partial charge in [-0.3, -0.25) is 4.90 Å². The maximum Gasteiger partial charge on any atom is 0.0795 e. The fourth-order valence-corrected chi connectivity index (χ4v) is 3.38. The second-order valence-electron chi connectivity index (χ2n) is 5.43. The summed E-state index contributed by atoms with van der Waals surface area (Å²) in [5, 5.41) is 5.74. The molecule has 1 aromatic carbocycles. The fraction of sp³-hybridized carbons (Fsp3) is 0.438. The molecular formula is C16H21N3S. The van der Waals surface area contributed by atoms with E-state index in [1.165, 1.54) is 18.5 Å². The van der Waals surface area contributed by atoms with Gasteiger partial charge in [-0.25, -0.2) is 4.98 Å². The number of aromatic nitrogens is 1. The number of rotatable bonds is 5. The highest BCUT2D eigenvalue weighted by molar-refractivity contribution is 7.07. The molecule has 0 radical (unpaired) electrons. The highest BCUT2D eigenvalue weighted by Gasteiger charge is 2.26. The Morgan fingerprint density at radius 3 is 3.00 bits per heavy atom. The van der Waals surface area contributed by atoms with Gasteiger partial charge in [0.25, 0.3) is 0 Å². The topological polar surface area (TPSA) is 28.2 Å². The molecule has 2 heterocycles. The van der Waals surface area contributed by atoms with E-state index in [1.807, 2.05) is 5.51 Å². The van der Waals surface area contributed by atoms with Crippen LogP contribution in [-0.4, -0.2) is 29.0 Å². The number of thiazole rings is 1. The summed E-state index contributed by atoms with van der Waals surface area (Å²) in [5.41, 5.74) is 4.47. The van der Waals surface area contributed by atoms with Gasteiger partial charge in [-0.05, 0) is 18.9 Å². The molecule has 1 saturated heterocycles. The third kappa shape index (κ3) is 3.26. The lowest BCUT2D eigenvalue weighted by molar-refractivity contribution is 0.255. The molecule has 1 aliphatic rings. The lowest BCUT2D eigenvalue weighted by Gasteiger charge is -2.24. The number of hydrogen-bond donors (Lipinski definition) is 1. The average molecular weight is 287 g/mol. The average Bonchev–Trinajstić information content (AvgIpc) is 3.17. The van der Waals surface area contributed by atoms with Crippen molar-refractivity contribution >= 4 is 11.3 Å². The molecule has 1 fully saturated rings. The van der Waals surface area contributed by atoms with Gasteiger partial charge in [0.15, 0.2) is 0 Å². The molecule has 106 valence electrons. The van der Waals surface area contributed by atoms with Crippen LogP contribution < -0.4 is 5.32 Å². The molecule has 20 heavy (non-hydrogen) atoms. The van der Waals surface area contributed by atoms with Crippen molar-refractivity contribution in [2.24, 2.45) is 0 Å². The Bertz CT molecular complexity index is 512. The monoisotopic (exact) mass is 287 g/mol. The maximum absolute atomic E-state index is 4.32. The number of nitrogens with one attached hydrogen (secondary N) is 1. The van der Waals surface area contributed by atoms with E-state index in [4.69, 9.17) is 0 Å². The Balaban J connectivity index is 1.51. The van der Waals surface area contributed by atoms with Crippen LogP contribution in [0.2, 0.25) is 0 Å². The summed E-state index contributed by atoms with van der Waals surface area (Å²) in [6, 6.07) is 11.9. The number of benzene rings is 1. The van der Waals surface area contributed by atoms with Gasteiger partial charge in [0, 0.05) is 37.1 Å². The Kier molecular flexibility index (Phi) is 4.45. The van der Waals surface area contributed by atoms with Crippen molar-refractivity contribution in [3.8, 4) is 0 Å². The minimum atomic E-state index is 0.502. The van der Waals surface area contributed by atoms with Crippen molar-refractivity contribution in [3.05, 3.63) is 52.5 Å². The Morgan fingerprint density at radius 1 is 1.40 bits per heavy atom. The summed E-state index contributed by atoms with van der Waals surface area (Å²) in [4.78, 5) is 6.88. The Morgan fingerprint density at radius 2 is 2.25 bits per heavy atom. The predicted octanol–water partition coefficient (Wildman–Crippen LogP) is 3.07. The zero-order valence-electron chi connectivity index (χ0n) is 11.8. The van der Waals surface area contributed by atoms with E-state index in [1.54, 1.807) is 11.3 Å². The van der Waals surface area contributed by atoms with Gasteiger partial charge < -0.3 is 5.32 Å². The smallest absolute Gasteiger partial charge is 0.0795 e. The minimum Gasteiger partial charge on any atom is -0.307 e. The van der Waals surface area contributed by atoms with Gasteiger partial charge in [-0.1, -0.05) is 30.3 Å².